The molecule has 0 aliphatic carbocycles. The summed E-state index contributed by atoms with van der Waals surface area (Å²) in [5.41, 5.74) is 1.44. The number of carboxylic acids is 1. The first kappa shape index (κ1) is 63.7. The lowest BCUT2D eigenvalue weighted by Gasteiger charge is -2.38. The van der Waals surface area contributed by atoms with Gasteiger partial charge >= 0.3 is 17.9 Å². The first-order valence-corrected chi connectivity index (χ1v) is 27.4. The highest BCUT2D eigenvalue weighted by molar-refractivity contribution is 6.24. The number of carbonyl (C=O) groups is 5. The van der Waals surface area contributed by atoms with E-state index < -0.39 is 101 Å². The number of esters is 2. The second kappa shape index (κ2) is 26.6. The van der Waals surface area contributed by atoms with Crippen molar-refractivity contribution < 1.29 is 83.4 Å². The molecular weight excluding hydrogens is 1060 g/mol. The molecule has 8 rings (SSSR count). The van der Waals surface area contributed by atoms with E-state index >= 15 is 0 Å². The summed E-state index contributed by atoms with van der Waals surface area (Å²) in [4.78, 5) is 65.2. The van der Waals surface area contributed by atoms with Crippen molar-refractivity contribution in [3.8, 4) is 34.5 Å². The maximum absolute atomic E-state index is 14.6. The van der Waals surface area contributed by atoms with Crippen molar-refractivity contribution in [2.45, 2.75) is 132 Å². The molecule has 21 heteroatoms. The number of phenols is 4. The van der Waals surface area contributed by atoms with Crippen LogP contribution in [0.1, 0.15) is 123 Å². The molecule has 1 saturated heterocycles. The summed E-state index contributed by atoms with van der Waals surface area (Å²) in [6.45, 7) is 19.4. The molecule has 0 spiro atoms. The normalized spacial score (nSPS) is 27.0. The van der Waals surface area contributed by atoms with Gasteiger partial charge in [-0.1, -0.05) is 69.7 Å². The predicted octanol–water partition coefficient (Wildman–Crippen LogP) is 7.53. The van der Waals surface area contributed by atoms with Gasteiger partial charge in [-0.2, -0.15) is 5.10 Å². The Labute approximate surface area is 478 Å². The number of phenolic OH excluding ortho intramolecular Hbond substituents is 4. The maximum atomic E-state index is 14.6. The van der Waals surface area contributed by atoms with Crippen molar-refractivity contribution in [2.75, 3.05) is 52.8 Å². The number of ketones is 1. The highest BCUT2D eigenvalue weighted by Crippen LogP contribution is 2.55. The molecule has 5 aliphatic rings. The third-order valence-corrected chi connectivity index (χ3v) is 16.3. The first-order chi connectivity index (χ1) is 38.6. The Kier molecular flexibility index (Phi) is 20.7. The summed E-state index contributed by atoms with van der Waals surface area (Å²) in [6.07, 6.45) is 8.57. The van der Waals surface area contributed by atoms with E-state index in [9.17, 15) is 54.6 Å². The zero-order valence-corrected chi connectivity index (χ0v) is 49.1. The monoisotopic (exact) mass is 1140 g/mol. The van der Waals surface area contributed by atoms with Gasteiger partial charge in [-0.25, -0.2) is 4.79 Å². The molecule has 5 heterocycles. The Bertz CT molecular complexity index is 3120. The van der Waals surface area contributed by atoms with Gasteiger partial charge in [-0.05, 0) is 60.1 Å². The topological polar surface area (TPSA) is 304 Å². The number of aliphatic hydroxyl groups is 2. The number of aliphatic hydroxyl groups excluding tert-OH is 2. The van der Waals surface area contributed by atoms with Crippen LogP contribution in [0.4, 0.5) is 5.69 Å². The number of carboxylic acid groups (broad SMARTS) is 1. The summed E-state index contributed by atoms with van der Waals surface area (Å²) in [7, 11) is 5.00. The molecule has 1 amide bonds. The second-order valence-corrected chi connectivity index (χ2v) is 22.2. The molecule has 0 unspecified atom stereocenters. The molecular formula is C61H80N4O17. The second-order valence-electron chi connectivity index (χ2n) is 22.2. The summed E-state index contributed by atoms with van der Waals surface area (Å²) in [6, 6.07) is 0. The number of hydrogen-bond donors (Lipinski definition) is 8. The molecule has 446 valence electrons. The predicted molar refractivity (Wildman–Crippen MR) is 307 cm³/mol. The number of aliphatic carboxylic acids is 1. The molecule has 82 heavy (non-hydrogen) atoms. The van der Waals surface area contributed by atoms with Crippen LogP contribution in [0.2, 0.25) is 0 Å². The highest BCUT2D eigenvalue weighted by atomic mass is 16.6. The smallest absolute Gasteiger partial charge is 0.342 e. The van der Waals surface area contributed by atoms with Gasteiger partial charge in [0.25, 0.3) is 5.91 Å². The molecule has 9 atom stereocenters. The molecule has 3 aromatic carbocycles. The summed E-state index contributed by atoms with van der Waals surface area (Å²) < 4.78 is 28.4. The highest BCUT2D eigenvalue weighted by Gasteiger charge is 2.48. The molecule has 5 aliphatic heterocycles. The molecule has 21 nitrogen and oxygen atoms in total. The van der Waals surface area contributed by atoms with E-state index in [-0.39, 0.29) is 75.2 Å². The average Bonchev–Trinajstić information content (AvgIpc) is 1.69. The van der Waals surface area contributed by atoms with Crippen LogP contribution in [-0.2, 0) is 41.6 Å². The number of nitrogens with one attached hydrogen (secondary N) is 1. The summed E-state index contributed by atoms with van der Waals surface area (Å²) >= 11 is 0. The zero-order valence-electron chi connectivity index (χ0n) is 49.1. The van der Waals surface area contributed by atoms with E-state index in [2.05, 4.69) is 15.3 Å². The summed E-state index contributed by atoms with van der Waals surface area (Å²) in [5.74, 6) is -6.56. The molecule has 8 N–H and O–H groups in total. The fourth-order valence-corrected chi connectivity index (χ4v) is 10.9. The van der Waals surface area contributed by atoms with E-state index in [1.54, 1.807) is 57.0 Å². The van der Waals surface area contributed by atoms with Gasteiger partial charge in [0.2, 0.25) is 5.78 Å². The molecule has 0 aromatic heterocycles. The Morgan fingerprint density at radius 3 is 2.15 bits per heavy atom. The minimum absolute atomic E-state index is 0.00402. The number of methoxy groups -OCH3 is 2. The Morgan fingerprint density at radius 1 is 0.854 bits per heavy atom. The van der Waals surface area contributed by atoms with Crippen molar-refractivity contribution in [3.63, 3.8) is 0 Å². The molecule has 0 radical (unpaired) electrons. The number of Topliss-reactive ketones (excluding diaryl/α,β-unsaturated/α-hetero) is 1. The van der Waals surface area contributed by atoms with Gasteiger partial charge < -0.3 is 69.6 Å². The average molecular weight is 1140 g/mol. The van der Waals surface area contributed by atoms with Gasteiger partial charge in [0.1, 0.15) is 47.0 Å². The number of piperazine rings is 1. The molecule has 1 fully saturated rings. The number of fused-ring (bicyclic) bond motifs is 15. The number of cyclic esters (lactones) is 1. The van der Waals surface area contributed by atoms with Crippen LogP contribution in [0, 0.1) is 37.5 Å². The quantitative estimate of drug-likeness (QED) is 0.0320. The van der Waals surface area contributed by atoms with Crippen LogP contribution < -0.4 is 14.8 Å². The van der Waals surface area contributed by atoms with Gasteiger partial charge in [0.05, 0.1) is 53.8 Å². The molecule has 3 aromatic rings. The van der Waals surface area contributed by atoms with E-state index in [4.69, 9.17) is 28.8 Å². The van der Waals surface area contributed by atoms with E-state index in [0.29, 0.717) is 42.8 Å². The number of carbonyl (C=O) groups excluding carboxylic acids is 4. The van der Waals surface area contributed by atoms with Crippen molar-refractivity contribution in [3.05, 3.63) is 86.5 Å². The third kappa shape index (κ3) is 13.4. The minimum atomic E-state index is -1.54. The number of likely N-dealkylation sites (N-methyl/N-ethyl adjacent to an activating group) is 1. The van der Waals surface area contributed by atoms with Crippen LogP contribution in [-0.4, -0.2) is 159 Å². The fourth-order valence-electron chi connectivity index (χ4n) is 10.9. The SMILES string of the molecule is CO[C@H]1/C=C/C[C@@]2(C)Oc3c(C)c(O)c4c(O)c(c(/C=N/N5CCN(C)CC5)c(O)c4c3C2=O)NC(=O)/C(C)=C\C=C\[C@H](C)[C@H](O)[C@@H](C)[C@@H](O)[C@@H](C)[C@H](OC(C)=O)[C@@H]1C.COc1c(C)c2c(c(O)c1C/C=C(\C)CCC(=O)O)C(=O)OC2. The van der Waals surface area contributed by atoms with Crippen molar-refractivity contribution in [1.29, 1.82) is 0 Å². The van der Waals surface area contributed by atoms with Gasteiger partial charge in [-0.15, -0.1) is 0 Å². The Morgan fingerprint density at radius 2 is 1.52 bits per heavy atom. The lowest BCUT2D eigenvalue weighted by Crippen LogP contribution is -2.46. The Hall–Kier alpha value is -7.46. The van der Waals surface area contributed by atoms with Crippen LogP contribution in [0.15, 0.2) is 52.7 Å². The zero-order chi connectivity index (χ0) is 60.8. The number of hydrazone groups is 1. The lowest BCUT2D eigenvalue weighted by molar-refractivity contribution is -0.160. The molecule has 5 bridgehead atoms. The number of ether oxygens (including phenoxy) is 5. The largest absolute Gasteiger partial charge is 0.507 e. The fraction of sp³-hybridized carbons (Fsp3) is 0.508. The minimum Gasteiger partial charge on any atom is -0.507 e. The standard InChI is InChI=1S/C44H60N4O11.C17H20O6/c1-22-13-11-14-23(2)43(56)46-34-29(21-45-48-19-17-47(9)18-20-48)38(53)31-32(39(34)54)37(52)27(6)41-33(31)42(55)44(8,59-41)16-12-15-30(57-10)24(3)40(58-28(7)49)26(5)36(51)25(4)35(22)50;1-9(5-7-13(18)19)4-6-11-15(20)14-12(8-23-17(14)21)10(2)16(11)22-3/h11-15,21-22,24-26,30,35-36,40,50-54H,16-20H2,1-10H3,(H,46,56);4,20H,5-8H2,1-3H3,(H,18,19)/b13-11+,15-12+,23-14-,45-21+;9-4+/t22-,24+,25+,26+,30-,35-,36+,40+,44+;/m0./s1. The van der Waals surface area contributed by atoms with Crippen LogP contribution >= 0.6 is 0 Å². The van der Waals surface area contributed by atoms with E-state index in [1.807, 2.05) is 33.9 Å². The van der Waals surface area contributed by atoms with Crippen molar-refractivity contribution >= 4 is 52.3 Å². The number of anilines is 1. The van der Waals surface area contributed by atoms with Crippen molar-refractivity contribution in [2.24, 2.45) is 28.8 Å². The number of benzene rings is 3. The van der Waals surface area contributed by atoms with Gasteiger partial charge in [0.15, 0.2) is 11.4 Å². The maximum Gasteiger partial charge on any atom is 0.342 e. The van der Waals surface area contributed by atoms with Crippen molar-refractivity contribution in [1.82, 2.24) is 9.91 Å². The van der Waals surface area contributed by atoms with Crippen LogP contribution in [0.3, 0.4) is 0 Å². The number of aromatic hydroxyl groups is 4. The van der Waals surface area contributed by atoms with E-state index in [1.165, 1.54) is 47.3 Å². The third-order valence-electron chi connectivity index (χ3n) is 16.3. The molecule has 0 saturated carbocycles. The van der Waals surface area contributed by atoms with Crippen LogP contribution in [0.25, 0.3) is 10.8 Å². The lowest BCUT2D eigenvalue weighted by atomic mass is 9.78. The van der Waals surface area contributed by atoms with Gasteiger partial charge in [0, 0.05) is 104 Å². The number of allylic oxidation sites excluding steroid dienone is 4. The number of rotatable bonds is 10. The van der Waals surface area contributed by atoms with Crippen LogP contribution in [0.5, 0.6) is 34.5 Å². The Balaban J connectivity index is 0.000000391. The first-order valence-electron chi connectivity index (χ1n) is 27.4. The number of nitrogens with zero attached hydrogens (tertiary/aromatic N) is 3. The number of amides is 1. The summed E-state index contributed by atoms with van der Waals surface area (Å²) in [5, 5.41) is 86.4. The van der Waals surface area contributed by atoms with E-state index in [0.717, 1.165) is 24.2 Å². The van der Waals surface area contributed by atoms with Gasteiger partial charge in [-0.3, -0.25) is 24.2 Å². The number of hydrogen-bond acceptors (Lipinski definition) is 19.